The Bertz CT molecular complexity index is 454. The Morgan fingerprint density at radius 3 is 1.83 bits per heavy atom. The summed E-state index contributed by atoms with van der Waals surface area (Å²) in [5, 5.41) is 1.30. The van der Waals surface area contributed by atoms with Crippen LogP contribution in [0.15, 0.2) is 18.2 Å². The molecule has 0 spiro atoms. The van der Waals surface area contributed by atoms with Crippen LogP contribution >= 0.6 is 34.8 Å². The summed E-state index contributed by atoms with van der Waals surface area (Å²) in [7, 11) is 0. The van der Waals surface area contributed by atoms with Crippen molar-refractivity contribution in [2.75, 3.05) is 5.88 Å². The van der Waals surface area contributed by atoms with Crippen LogP contribution < -0.4 is 0 Å². The molecular weight excluding hydrogens is 359 g/mol. The van der Waals surface area contributed by atoms with Crippen molar-refractivity contribution in [3.63, 3.8) is 0 Å². The number of halogens is 3. The van der Waals surface area contributed by atoms with Gasteiger partial charge in [-0.05, 0) is 42.4 Å². The predicted molar refractivity (Wildman–Crippen MR) is 111 cm³/mol. The van der Waals surface area contributed by atoms with Crippen molar-refractivity contribution in [1.29, 1.82) is 0 Å². The Labute approximate surface area is 164 Å². The topological polar surface area (TPSA) is 0 Å². The Hall–Kier alpha value is 0.0900. The highest BCUT2D eigenvalue weighted by Crippen LogP contribution is 2.31. The fourth-order valence-corrected chi connectivity index (χ4v) is 3.74. The van der Waals surface area contributed by atoms with E-state index >= 15 is 0 Å². The molecule has 0 bridgehead atoms. The summed E-state index contributed by atoms with van der Waals surface area (Å²) in [6.45, 7) is 4.71. The summed E-state index contributed by atoms with van der Waals surface area (Å²) < 4.78 is 0. The Morgan fingerprint density at radius 2 is 1.29 bits per heavy atom. The average Bonchev–Trinajstić information content (AvgIpc) is 2.52. The maximum atomic E-state index is 6.12. The Kier molecular flexibility index (Phi) is 11.5. The second-order valence-electron chi connectivity index (χ2n) is 7.71. The minimum Gasteiger partial charge on any atom is -0.127 e. The van der Waals surface area contributed by atoms with Crippen molar-refractivity contribution in [2.24, 2.45) is 5.41 Å². The molecule has 0 amide bonds. The first-order chi connectivity index (χ1) is 11.4. The van der Waals surface area contributed by atoms with Gasteiger partial charge in [0.05, 0.1) is 10.0 Å². The molecule has 0 aliphatic heterocycles. The van der Waals surface area contributed by atoms with E-state index in [1.807, 2.05) is 12.1 Å². The van der Waals surface area contributed by atoms with Crippen LogP contribution in [-0.4, -0.2) is 5.88 Å². The molecule has 0 aliphatic rings. The number of rotatable bonds is 13. The first kappa shape index (κ1) is 22.1. The largest absolute Gasteiger partial charge is 0.127 e. The van der Waals surface area contributed by atoms with Crippen molar-refractivity contribution < 1.29 is 0 Å². The van der Waals surface area contributed by atoms with E-state index in [1.54, 1.807) is 0 Å². The van der Waals surface area contributed by atoms with Gasteiger partial charge in [0.2, 0.25) is 0 Å². The van der Waals surface area contributed by atoms with Crippen molar-refractivity contribution in [3.05, 3.63) is 33.8 Å². The standard InChI is InChI=1S/C21H33Cl3/c1-21(2,17-18-12-13-19(23)20(24)16-18)14-10-8-6-4-3-5-7-9-11-15-22/h12-13,16H,3-11,14-15,17H2,1-2H3. The average molecular weight is 392 g/mol. The van der Waals surface area contributed by atoms with Crippen LogP contribution in [0, 0.1) is 5.41 Å². The predicted octanol–water partition coefficient (Wildman–Crippen LogP) is 8.70. The van der Waals surface area contributed by atoms with Gasteiger partial charge in [-0.1, -0.05) is 94.5 Å². The van der Waals surface area contributed by atoms with Gasteiger partial charge in [0, 0.05) is 5.88 Å². The molecule has 3 heteroatoms. The molecule has 0 saturated carbocycles. The molecule has 0 heterocycles. The van der Waals surface area contributed by atoms with Gasteiger partial charge in [-0.2, -0.15) is 0 Å². The lowest BCUT2D eigenvalue weighted by molar-refractivity contribution is 0.316. The first-order valence-corrected chi connectivity index (χ1v) is 10.7. The van der Waals surface area contributed by atoms with E-state index in [-0.39, 0.29) is 0 Å². The number of benzene rings is 1. The fourth-order valence-electron chi connectivity index (χ4n) is 3.23. The lowest BCUT2D eigenvalue weighted by Crippen LogP contribution is -2.15. The van der Waals surface area contributed by atoms with Crippen LogP contribution in [0.25, 0.3) is 0 Å². The third-order valence-electron chi connectivity index (χ3n) is 4.65. The quantitative estimate of drug-likeness (QED) is 0.233. The van der Waals surface area contributed by atoms with E-state index < -0.39 is 0 Å². The molecule has 0 aromatic heterocycles. The van der Waals surface area contributed by atoms with Gasteiger partial charge in [-0.25, -0.2) is 0 Å². The highest BCUT2D eigenvalue weighted by Gasteiger charge is 2.18. The summed E-state index contributed by atoms with van der Waals surface area (Å²) in [5.74, 6) is 0.817. The SMILES string of the molecule is CC(C)(CCCCCCCCCCCCl)Cc1ccc(Cl)c(Cl)c1. The number of hydrogen-bond donors (Lipinski definition) is 0. The van der Waals surface area contributed by atoms with E-state index in [4.69, 9.17) is 34.8 Å². The minimum atomic E-state index is 0.318. The van der Waals surface area contributed by atoms with Gasteiger partial charge in [0.1, 0.15) is 0 Å². The molecule has 0 saturated heterocycles. The molecule has 1 rings (SSSR count). The van der Waals surface area contributed by atoms with Crippen LogP contribution in [0.5, 0.6) is 0 Å². The Balaban J connectivity index is 2.11. The first-order valence-electron chi connectivity index (χ1n) is 9.44. The molecule has 1 aromatic carbocycles. The van der Waals surface area contributed by atoms with Gasteiger partial charge in [-0.15, -0.1) is 11.6 Å². The normalized spacial score (nSPS) is 11.9. The number of unbranched alkanes of at least 4 members (excludes halogenated alkanes) is 8. The second kappa shape index (κ2) is 12.4. The smallest absolute Gasteiger partial charge is 0.0595 e. The fraction of sp³-hybridized carbons (Fsp3) is 0.714. The van der Waals surface area contributed by atoms with Crippen LogP contribution in [0.4, 0.5) is 0 Å². The molecule has 0 fully saturated rings. The highest BCUT2D eigenvalue weighted by atomic mass is 35.5. The second-order valence-corrected chi connectivity index (χ2v) is 8.90. The lowest BCUT2D eigenvalue weighted by atomic mass is 9.81. The third kappa shape index (κ3) is 10.2. The van der Waals surface area contributed by atoms with E-state index in [2.05, 4.69) is 19.9 Å². The van der Waals surface area contributed by atoms with Gasteiger partial charge in [0.15, 0.2) is 0 Å². The van der Waals surface area contributed by atoms with Gasteiger partial charge >= 0.3 is 0 Å². The van der Waals surface area contributed by atoms with Crippen molar-refractivity contribution in [3.8, 4) is 0 Å². The molecule has 0 nitrogen and oxygen atoms in total. The summed E-state index contributed by atoms with van der Waals surface area (Å²) in [5.41, 5.74) is 1.60. The molecule has 24 heavy (non-hydrogen) atoms. The number of hydrogen-bond acceptors (Lipinski definition) is 0. The number of alkyl halides is 1. The molecule has 0 radical (unpaired) electrons. The van der Waals surface area contributed by atoms with E-state index in [0.29, 0.717) is 15.5 Å². The van der Waals surface area contributed by atoms with Crippen molar-refractivity contribution in [1.82, 2.24) is 0 Å². The van der Waals surface area contributed by atoms with Crippen LogP contribution in [0.2, 0.25) is 10.0 Å². The summed E-state index contributed by atoms with van der Waals surface area (Å²) in [4.78, 5) is 0. The Morgan fingerprint density at radius 1 is 0.750 bits per heavy atom. The monoisotopic (exact) mass is 390 g/mol. The highest BCUT2D eigenvalue weighted by molar-refractivity contribution is 6.42. The zero-order chi connectivity index (χ0) is 17.8. The maximum absolute atomic E-state index is 6.12. The molecule has 0 N–H and O–H groups in total. The molecule has 0 unspecified atom stereocenters. The minimum absolute atomic E-state index is 0.318. The molecular formula is C21H33Cl3. The van der Waals surface area contributed by atoms with Gasteiger partial charge in [-0.3, -0.25) is 0 Å². The summed E-state index contributed by atoms with van der Waals surface area (Å²) >= 11 is 17.8. The zero-order valence-corrected chi connectivity index (χ0v) is 17.6. The van der Waals surface area contributed by atoms with E-state index in [9.17, 15) is 0 Å². The van der Waals surface area contributed by atoms with E-state index in [1.165, 1.54) is 69.8 Å². The summed E-state index contributed by atoms with van der Waals surface area (Å²) in [6, 6.07) is 6.01. The molecule has 0 aliphatic carbocycles. The zero-order valence-electron chi connectivity index (χ0n) is 15.4. The van der Waals surface area contributed by atoms with Gasteiger partial charge in [0.25, 0.3) is 0 Å². The van der Waals surface area contributed by atoms with Crippen LogP contribution in [0.1, 0.15) is 83.6 Å². The molecule has 0 atom stereocenters. The summed E-state index contributed by atoms with van der Waals surface area (Å²) in [6.07, 6.45) is 14.3. The third-order valence-corrected chi connectivity index (χ3v) is 5.66. The van der Waals surface area contributed by atoms with Gasteiger partial charge < -0.3 is 0 Å². The van der Waals surface area contributed by atoms with Crippen molar-refractivity contribution in [2.45, 2.75) is 84.5 Å². The lowest BCUT2D eigenvalue weighted by Gasteiger charge is -2.25. The molecule has 138 valence electrons. The van der Waals surface area contributed by atoms with E-state index in [0.717, 1.165) is 12.3 Å². The van der Waals surface area contributed by atoms with Crippen LogP contribution in [-0.2, 0) is 6.42 Å². The maximum Gasteiger partial charge on any atom is 0.0595 e. The van der Waals surface area contributed by atoms with Crippen LogP contribution in [0.3, 0.4) is 0 Å². The van der Waals surface area contributed by atoms with Crippen molar-refractivity contribution >= 4 is 34.8 Å². The molecule has 1 aromatic rings.